The molecule has 0 aliphatic carbocycles. The molecule has 2 aromatic carbocycles. The van der Waals surface area contributed by atoms with Crippen molar-refractivity contribution in [1.82, 2.24) is 0 Å². The minimum atomic E-state index is 0.213. The van der Waals surface area contributed by atoms with Crippen LogP contribution in [0.25, 0.3) is 10.8 Å². The molecule has 0 aliphatic rings. The lowest BCUT2D eigenvalue weighted by atomic mass is 10.0. The van der Waals surface area contributed by atoms with Gasteiger partial charge in [0.15, 0.2) is 0 Å². The van der Waals surface area contributed by atoms with Crippen molar-refractivity contribution >= 4 is 16.6 Å². The number of aryl methyl sites for hydroxylation is 1. The number of Topliss-reactive ketones (excluding diaryl/α,β-unsaturated/α-hetero) is 1. The summed E-state index contributed by atoms with van der Waals surface area (Å²) in [7, 11) is 0. The lowest BCUT2D eigenvalue weighted by Gasteiger charge is -2.03. The quantitative estimate of drug-likeness (QED) is 0.801. The van der Waals surface area contributed by atoms with E-state index in [1.165, 1.54) is 0 Å². The second kappa shape index (κ2) is 4.80. The van der Waals surface area contributed by atoms with Gasteiger partial charge in [-0.1, -0.05) is 24.3 Å². The largest absolute Gasteiger partial charge is 0.300 e. The smallest absolute Gasteiger partial charge is 0.130 e. The second-order valence-corrected chi connectivity index (χ2v) is 4.21. The number of benzene rings is 2. The summed E-state index contributed by atoms with van der Waals surface area (Å²) in [6.07, 6.45) is 1.37. The molecule has 2 rings (SSSR count). The molecule has 0 bridgehead atoms. The maximum absolute atomic E-state index is 10.9. The molecule has 2 aromatic rings. The van der Waals surface area contributed by atoms with E-state index in [2.05, 4.69) is 12.1 Å². The van der Waals surface area contributed by atoms with Crippen molar-refractivity contribution in [1.29, 1.82) is 5.26 Å². The van der Waals surface area contributed by atoms with Crippen molar-refractivity contribution in [3.8, 4) is 6.07 Å². The Morgan fingerprint density at radius 2 is 1.88 bits per heavy atom. The molecule has 84 valence electrons. The average molecular weight is 223 g/mol. The van der Waals surface area contributed by atoms with E-state index >= 15 is 0 Å². The van der Waals surface area contributed by atoms with Gasteiger partial charge in [-0.15, -0.1) is 0 Å². The first-order chi connectivity index (χ1) is 8.19. The Kier molecular flexibility index (Phi) is 3.20. The SMILES string of the molecule is CC(=O)CCc1ccc2cc(C#N)ccc2c1. The molecule has 0 amide bonds. The zero-order chi connectivity index (χ0) is 12.3. The van der Waals surface area contributed by atoms with Gasteiger partial charge < -0.3 is 4.79 Å². The van der Waals surface area contributed by atoms with Crippen LogP contribution in [0.1, 0.15) is 24.5 Å². The molecule has 17 heavy (non-hydrogen) atoms. The minimum Gasteiger partial charge on any atom is -0.300 e. The molecular weight excluding hydrogens is 210 g/mol. The number of fused-ring (bicyclic) bond motifs is 1. The van der Waals surface area contributed by atoms with Crippen molar-refractivity contribution in [3.05, 3.63) is 47.5 Å². The van der Waals surface area contributed by atoms with Crippen LogP contribution in [0.2, 0.25) is 0 Å². The van der Waals surface area contributed by atoms with E-state index in [1.807, 2.05) is 30.3 Å². The number of hydrogen-bond donors (Lipinski definition) is 0. The van der Waals surface area contributed by atoms with Crippen LogP contribution in [0, 0.1) is 11.3 Å². The molecule has 0 aliphatic heterocycles. The molecule has 0 heterocycles. The Hall–Kier alpha value is -2.14. The van der Waals surface area contributed by atoms with Crippen molar-refractivity contribution in [2.24, 2.45) is 0 Å². The summed E-state index contributed by atoms with van der Waals surface area (Å²) in [6.45, 7) is 1.61. The van der Waals surface area contributed by atoms with Gasteiger partial charge in [0.25, 0.3) is 0 Å². The highest BCUT2D eigenvalue weighted by Gasteiger charge is 2.00. The van der Waals surface area contributed by atoms with Gasteiger partial charge in [-0.3, -0.25) is 0 Å². The maximum atomic E-state index is 10.9. The molecule has 0 saturated carbocycles. The molecule has 0 radical (unpaired) electrons. The number of nitrogens with zero attached hydrogens (tertiary/aromatic N) is 1. The molecular formula is C15H13NO. The van der Waals surface area contributed by atoms with Gasteiger partial charge in [0.1, 0.15) is 5.78 Å². The summed E-state index contributed by atoms with van der Waals surface area (Å²) >= 11 is 0. The van der Waals surface area contributed by atoms with Crippen molar-refractivity contribution in [2.45, 2.75) is 19.8 Å². The first-order valence-corrected chi connectivity index (χ1v) is 5.61. The Morgan fingerprint density at radius 3 is 2.59 bits per heavy atom. The Balaban J connectivity index is 2.32. The lowest BCUT2D eigenvalue weighted by Crippen LogP contribution is -1.93. The van der Waals surface area contributed by atoms with Crippen molar-refractivity contribution in [3.63, 3.8) is 0 Å². The number of carbonyl (C=O) groups is 1. The minimum absolute atomic E-state index is 0.213. The van der Waals surface area contributed by atoms with Gasteiger partial charge in [0.2, 0.25) is 0 Å². The Morgan fingerprint density at radius 1 is 1.18 bits per heavy atom. The monoisotopic (exact) mass is 223 g/mol. The van der Waals surface area contributed by atoms with E-state index in [9.17, 15) is 4.79 Å². The van der Waals surface area contributed by atoms with Crippen LogP contribution < -0.4 is 0 Å². The van der Waals surface area contributed by atoms with Crippen LogP contribution in [-0.2, 0) is 11.2 Å². The summed E-state index contributed by atoms with van der Waals surface area (Å²) < 4.78 is 0. The molecule has 0 aromatic heterocycles. The first-order valence-electron chi connectivity index (χ1n) is 5.61. The fourth-order valence-corrected chi connectivity index (χ4v) is 1.84. The van der Waals surface area contributed by atoms with Crippen molar-refractivity contribution < 1.29 is 4.79 Å². The van der Waals surface area contributed by atoms with Gasteiger partial charge in [0.05, 0.1) is 11.6 Å². The van der Waals surface area contributed by atoms with E-state index < -0.39 is 0 Å². The number of hydrogen-bond acceptors (Lipinski definition) is 2. The predicted octanol–water partition coefficient (Wildman–Crippen LogP) is 3.23. The summed E-state index contributed by atoms with van der Waals surface area (Å²) in [5, 5.41) is 11.0. The van der Waals surface area contributed by atoms with Gasteiger partial charge in [0, 0.05) is 6.42 Å². The molecule has 0 N–H and O–H groups in total. The van der Waals surface area contributed by atoms with Gasteiger partial charge in [-0.2, -0.15) is 5.26 Å². The Labute approximate surface area is 100 Å². The molecule has 0 fully saturated rings. The molecule has 0 unspecified atom stereocenters. The summed E-state index contributed by atoms with van der Waals surface area (Å²) in [5.74, 6) is 0.213. The van der Waals surface area contributed by atoms with Gasteiger partial charge in [-0.25, -0.2) is 0 Å². The highest BCUT2D eigenvalue weighted by Crippen LogP contribution is 2.18. The van der Waals surface area contributed by atoms with Gasteiger partial charge in [-0.05, 0) is 41.8 Å². The lowest BCUT2D eigenvalue weighted by molar-refractivity contribution is -0.116. The molecule has 0 atom stereocenters. The van der Waals surface area contributed by atoms with E-state index in [-0.39, 0.29) is 5.78 Å². The molecule has 0 saturated heterocycles. The maximum Gasteiger partial charge on any atom is 0.130 e. The zero-order valence-electron chi connectivity index (χ0n) is 9.73. The third kappa shape index (κ3) is 2.70. The van der Waals surface area contributed by atoms with Crippen LogP contribution >= 0.6 is 0 Å². The van der Waals surface area contributed by atoms with E-state index in [1.54, 1.807) is 6.92 Å². The molecule has 0 spiro atoms. The first kappa shape index (κ1) is 11.3. The number of rotatable bonds is 3. The summed E-state index contributed by atoms with van der Waals surface area (Å²) in [6, 6.07) is 13.9. The second-order valence-electron chi connectivity index (χ2n) is 4.21. The third-order valence-electron chi connectivity index (χ3n) is 2.80. The van der Waals surface area contributed by atoms with E-state index in [0.717, 1.165) is 22.8 Å². The van der Waals surface area contributed by atoms with Crippen LogP contribution in [0.3, 0.4) is 0 Å². The van der Waals surface area contributed by atoms with Crippen LogP contribution in [0.4, 0.5) is 0 Å². The molecule has 2 heteroatoms. The summed E-state index contributed by atoms with van der Waals surface area (Å²) in [5.41, 5.74) is 1.84. The standard InChI is InChI=1S/C15H13NO/c1-11(17)2-3-12-4-6-15-9-13(10-16)5-7-14(15)8-12/h4-9H,2-3H2,1H3. The topological polar surface area (TPSA) is 40.9 Å². The molecule has 2 nitrogen and oxygen atoms in total. The summed E-state index contributed by atoms with van der Waals surface area (Å²) in [4.78, 5) is 10.9. The fourth-order valence-electron chi connectivity index (χ4n) is 1.84. The normalized spacial score (nSPS) is 10.1. The van der Waals surface area contributed by atoms with Crippen LogP contribution in [0.15, 0.2) is 36.4 Å². The number of carbonyl (C=O) groups excluding carboxylic acids is 1. The van der Waals surface area contributed by atoms with E-state index in [0.29, 0.717) is 12.0 Å². The van der Waals surface area contributed by atoms with Crippen molar-refractivity contribution in [2.75, 3.05) is 0 Å². The highest BCUT2D eigenvalue weighted by molar-refractivity contribution is 5.84. The third-order valence-corrected chi connectivity index (χ3v) is 2.80. The van der Waals surface area contributed by atoms with Gasteiger partial charge >= 0.3 is 0 Å². The number of nitriles is 1. The average Bonchev–Trinajstić information content (AvgIpc) is 2.35. The highest BCUT2D eigenvalue weighted by atomic mass is 16.1. The fraction of sp³-hybridized carbons (Fsp3) is 0.200. The zero-order valence-corrected chi connectivity index (χ0v) is 9.73. The van der Waals surface area contributed by atoms with Crippen LogP contribution in [0.5, 0.6) is 0 Å². The van der Waals surface area contributed by atoms with Crippen LogP contribution in [-0.4, -0.2) is 5.78 Å². The Bertz CT molecular complexity index is 608. The predicted molar refractivity (Wildman–Crippen MR) is 67.7 cm³/mol. The van der Waals surface area contributed by atoms with E-state index in [4.69, 9.17) is 5.26 Å². The number of ketones is 1.